The number of aromatic nitrogens is 3. The first-order chi connectivity index (χ1) is 17.7. The summed E-state index contributed by atoms with van der Waals surface area (Å²) in [7, 11) is 0. The summed E-state index contributed by atoms with van der Waals surface area (Å²) in [5.41, 5.74) is -1.44. The van der Waals surface area contributed by atoms with Gasteiger partial charge in [0.05, 0.1) is 37.6 Å². The van der Waals surface area contributed by atoms with Gasteiger partial charge in [-0.15, -0.1) is 0 Å². The van der Waals surface area contributed by atoms with Crippen molar-refractivity contribution < 1.29 is 41.7 Å². The van der Waals surface area contributed by atoms with Gasteiger partial charge in [-0.05, 0) is 6.07 Å². The topological polar surface area (TPSA) is 128 Å². The minimum absolute atomic E-state index is 0.158. The van der Waals surface area contributed by atoms with Gasteiger partial charge in [0.15, 0.2) is 5.82 Å². The fourth-order valence-corrected chi connectivity index (χ4v) is 3.69. The number of hydrogen-bond acceptors (Lipinski definition) is 11. The zero-order valence-electron chi connectivity index (χ0n) is 19.9. The largest absolute Gasteiger partial charge is 0.428 e. The highest BCUT2D eigenvalue weighted by molar-refractivity contribution is 5.84. The molecule has 0 saturated carbocycles. The van der Waals surface area contributed by atoms with E-state index in [1.165, 1.54) is 0 Å². The van der Waals surface area contributed by atoms with E-state index in [1.807, 2.05) is 9.80 Å². The van der Waals surface area contributed by atoms with E-state index >= 15 is 0 Å². The molecule has 4 rings (SSSR count). The van der Waals surface area contributed by atoms with Gasteiger partial charge in [0.2, 0.25) is 6.79 Å². The van der Waals surface area contributed by atoms with Gasteiger partial charge in [-0.2, -0.15) is 13.2 Å². The predicted molar refractivity (Wildman–Crippen MR) is 123 cm³/mol. The summed E-state index contributed by atoms with van der Waals surface area (Å²) in [4.78, 5) is 39.3. The van der Waals surface area contributed by atoms with Crippen molar-refractivity contribution in [3.05, 3.63) is 23.9 Å². The molecule has 2 aliphatic rings. The number of anilines is 3. The van der Waals surface area contributed by atoms with Crippen molar-refractivity contribution >= 4 is 29.5 Å². The zero-order valence-corrected chi connectivity index (χ0v) is 19.9. The molecular weight excluding hydrogens is 501 g/mol. The van der Waals surface area contributed by atoms with Gasteiger partial charge in [-0.3, -0.25) is 10.1 Å². The van der Waals surface area contributed by atoms with E-state index in [1.54, 1.807) is 6.07 Å². The van der Waals surface area contributed by atoms with Crippen LogP contribution in [0.5, 0.6) is 0 Å². The molecule has 0 spiro atoms. The lowest BCUT2D eigenvalue weighted by molar-refractivity contribution is -0.148. The van der Waals surface area contributed by atoms with Crippen LogP contribution in [0.2, 0.25) is 0 Å². The molecule has 200 valence electrons. The van der Waals surface area contributed by atoms with Crippen molar-refractivity contribution in [3.8, 4) is 11.4 Å². The van der Waals surface area contributed by atoms with E-state index in [2.05, 4.69) is 29.7 Å². The number of carbonyl (C=O) groups excluding carboxylic acids is 2. The summed E-state index contributed by atoms with van der Waals surface area (Å²) in [5, 5.41) is 2.08. The molecule has 2 aromatic heterocycles. The van der Waals surface area contributed by atoms with E-state index in [-0.39, 0.29) is 11.4 Å². The molecule has 2 aromatic rings. The number of carbonyl (C=O) groups is 2. The third-order valence-corrected chi connectivity index (χ3v) is 5.50. The first kappa shape index (κ1) is 26.3. The fraction of sp³-hybridized carbons (Fsp3) is 0.500. The van der Waals surface area contributed by atoms with Gasteiger partial charge in [0, 0.05) is 45.4 Å². The van der Waals surface area contributed by atoms with Gasteiger partial charge >= 0.3 is 18.2 Å². The summed E-state index contributed by atoms with van der Waals surface area (Å²) < 4.78 is 62.2. The van der Waals surface area contributed by atoms with Crippen LogP contribution in [0.25, 0.3) is 11.4 Å². The van der Waals surface area contributed by atoms with Crippen LogP contribution in [0.15, 0.2) is 18.3 Å². The molecule has 0 aromatic carbocycles. The molecule has 2 saturated heterocycles. The molecule has 0 bridgehead atoms. The monoisotopic (exact) mass is 526 g/mol. The van der Waals surface area contributed by atoms with Crippen LogP contribution in [0.3, 0.4) is 0 Å². The number of ether oxygens (including phenoxy) is 4. The molecule has 2 fully saturated rings. The maximum absolute atomic E-state index is 14.1. The number of hydrogen-bond donors (Lipinski definition) is 1. The van der Waals surface area contributed by atoms with Crippen molar-refractivity contribution in [2.75, 3.05) is 74.5 Å². The molecule has 0 aliphatic carbocycles. The molecule has 0 atom stereocenters. The van der Waals surface area contributed by atoms with E-state index in [4.69, 9.17) is 9.47 Å². The second-order valence-electron chi connectivity index (χ2n) is 8.03. The number of nitrogens with zero attached hydrogens (tertiary/aromatic N) is 5. The summed E-state index contributed by atoms with van der Waals surface area (Å²) in [6, 6.07) is 2.41. The maximum atomic E-state index is 14.1. The van der Waals surface area contributed by atoms with Gasteiger partial charge < -0.3 is 28.7 Å². The normalized spacial score (nSPS) is 16.3. The predicted octanol–water partition coefficient (Wildman–Crippen LogP) is 2.30. The van der Waals surface area contributed by atoms with Gasteiger partial charge in [0.1, 0.15) is 17.5 Å². The Balaban J connectivity index is 1.68. The quantitative estimate of drug-likeness (QED) is 0.440. The molecule has 12 nitrogen and oxygen atoms in total. The first-order valence-electron chi connectivity index (χ1n) is 11.4. The number of morpholine rings is 2. The highest BCUT2D eigenvalue weighted by Crippen LogP contribution is 2.38. The first-order valence-corrected chi connectivity index (χ1v) is 11.4. The van der Waals surface area contributed by atoms with E-state index < -0.39 is 36.4 Å². The van der Waals surface area contributed by atoms with Crippen molar-refractivity contribution in [1.29, 1.82) is 0 Å². The maximum Gasteiger partial charge on any atom is 0.417 e. The summed E-state index contributed by atoms with van der Waals surface area (Å²) in [6.45, 7) is 4.40. The average Bonchev–Trinajstić information content (AvgIpc) is 2.88. The molecule has 0 unspecified atom stereocenters. The molecule has 15 heteroatoms. The van der Waals surface area contributed by atoms with E-state index in [9.17, 15) is 22.8 Å². The van der Waals surface area contributed by atoms with Gasteiger partial charge in [-0.25, -0.2) is 19.7 Å². The lowest BCUT2D eigenvalue weighted by atomic mass is 10.1. The van der Waals surface area contributed by atoms with Crippen molar-refractivity contribution in [1.82, 2.24) is 15.0 Å². The third-order valence-electron chi connectivity index (χ3n) is 5.50. The van der Waals surface area contributed by atoms with E-state index in [0.29, 0.717) is 70.3 Å². The summed E-state index contributed by atoms with van der Waals surface area (Å²) >= 11 is 0. The number of halogens is 3. The molecule has 1 amide bonds. The number of nitrogens with one attached hydrogen (secondary N) is 1. The molecule has 37 heavy (non-hydrogen) atoms. The summed E-state index contributed by atoms with van der Waals surface area (Å²) in [6.07, 6.45) is -5.00. The Labute approximate surface area is 209 Å². The van der Waals surface area contributed by atoms with Crippen molar-refractivity contribution in [3.63, 3.8) is 0 Å². The number of alkyl halides is 3. The van der Waals surface area contributed by atoms with Crippen molar-refractivity contribution in [2.45, 2.75) is 13.1 Å². The lowest BCUT2D eigenvalue weighted by Gasteiger charge is -2.31. The van der Waals surface area contributed by atoms with Crippen LogP contribution in [0.1, 0.15) is 12.5 Å². The Morgan fingerprint density at radius 3 is 2.05 bits per heavy atom. The highest BCUT2D eigenvalue weighted by Gasteiger charge is 2.36. The third kappa shape index (κ3) is 6.95. The minimum atomic E-state index is -4.81. The Bertz CT molecular complexity index is 1090. The standard InChI is InChI=1S/C22H25F3N6O6/c1-14(32)36-13-37-21(33)27-17-10-16(22(23,24)25)15(12-26-17)20-28-18(30-2-6-34-7-3-30)11-19(29-20)31-4-8-35-9-5-31/h10-12H,2-9,13H2,1H3,(H,26,27,33). The molecule has 1 N–H and O–H groups in total. The van der Waals surface area contributed by atoms with Crippen LogP contribution in [0.4, 0.5) is 35.4 Å². The van der Waals surface area contributed by atoms with Crippen LogP contribution in [-0.4, -0.2) is 86.4 Å². The number of amides is 1. The SMILES string of the molecule is CC(=O)OCOC(=O)Nc1cc(C(F)(F)F)c(-c2nc(N3CCOCC3)cc(N3CCOCC3)n2)cn1. The lowest BCUT2D eigenvalue weighted by Crippen LogP contribution is -2.39. The second-order valence-corrected chi connectivity index (χ2v) is 8.03. The highest BCUT2D eigenvalue weighted by atomic mass is 19.4. The molecule has 2 aliphatic heterocycles. The minimum Gasteiger partial charge on any atom is -0.428 e. The Morgan fingerprint density at radius 2 is 1.54 bits per heavy atom. The van der Waals surface area contributed by atoms with Gasteiger partial charge in [-0.1, -0.05) is 0 Å². The Hall–Kier alpha value is -3.72. The number of esters is 1. The Morgan fingerprint density at radius 1 is 0.973 bits per heavy atom. The Kier molecular flexibility index (Phi) is 8.23. The fourth-order valence-electron chi connectivity index (χ4n) is 3.69. The molecule has 0 radical (unpaired) electrons. The van der Waals surface area contributed by atoms with E-state index in [0.717, 1.165) is 13.1 Å². The zero-order chi connectivity index (χ0) is 26.4. The van der Waals surface area contributed by atoms with Crippen LogP contribution in [0, 0.1) is 0 Å². The average molecular weight is 526 g/mol. The van der Waals surface area contributed by atoms with Crippen LogP contribution < -0.4 is 15.1 Å². The van der Waals surface area contributed by atoms with Crippen LogP contribution in [-0.2, 0) is 29.9 Å². The molecule has 4 heterocycles. The second kappa shape index (κ2) is 11.6. The number of rotatable bonds is 6. The van der Waals surface area contributed by atoms with Crippen molar-refractivity contribution in [2.24, 2.45) is 0 Å². The summed E-state index contributed by atoms with van der Waals surface area (Å²) in [5.74, 6) is -0.320. The number of pyridine rings is 1. The van der Waals surface area contributed by atoms with Crippen LogP contribution >= 0.6 is 0 Å². The van der Waals surface area contributed by atoms with Gasteiger partial charge in [0.25, 0.3) is 0 Å². The molecular formula is C22H25F3N6O6. The smallest absolute Gasteiger partial charge is 0.417 e.